The summed E-state index contributed by atoms with van der Waals surface area (Å²) in [4.78, 5) is 86.1. The van der Waals surface area contributed by atoms with E-state index in [1.54, 1.807) is 12.1 Å². The van der Waals surface area contributed by atoms with Gasteiger partial charge in [-0.15, -0.1) is 0 Å². The summed E-state index contributed by atoms with van der Waals surface area (Å²) in [5.41, 5.74) is 10.5. The molecule has 0 saturated carbocycles. The molecular weight excluding hydrogens is 901 g/mol. The van der Waals surface area contributed by atoms with Crippen LogP contribution in [0.4, 0.5) is 16.3 Å². The molecule has 370 valence electrons. The lowest BCUT2D eigenvalue weighted by atomic mass is 9.92. The third kappa shape index (κ3) is 9.54. The van der Waals surface area contributed by atoms with E-state index in [2.05, 4.69) is 39.5 Å². The highest BCUT2D eigenvalue weighted by Crippen LogP contribution is 2.37. The number of amides is 6. The second kappa shape index (κ2) is 20.1. The zero-order chi connectivity index (χ0) is 48.6. The maximum Gasteiger partial charge on any atom is 0.319 e. The molecule has 5 aromatic rings. The third-order valence-corrected chi connectivity index (χ3v) is 15.8. The molecule has 8 heterocycles. The summed E-state index contributed by atoms with van der Waals surface area (Å²) in [5, 5.41) is 8.20. The molecule has 3 N–H and O–H groups in total. The van der Waals surface area contributed by atoms with Crippen LogP contribution in [0.1, 0.15) is 91.0 Å². The molecule has 3 aromatic carbocycles. The second-order valence-corrected chi connectivity index (χ2v) is 20.1. The first-order chi connectivity index (χ1) is 34.6. The molecule has 6 amide bonds. The van der Waals surface area contributed by atoms with E-state index in [1.165, 1.54) is 6.33 Å². The van der Waals surface area contributed by atoms with Gasteiger partial charge in [0.05, 0.1) is 22.6 Å². The number of aromatic nitrogens is 4. The Labute approximate surface area is 413 Å². The molecule has 11 rings (SSSR count). The number of piperazine rings is 1. The van der Waals surface area contributed by atoms with E-state index in [0.717, 1.165) is 168 Å². The maximum absolute atomic E-state index is 13.8. The summed E-state index contributed by atoms with van der Waals surface area (Å²) in [6.07, 6.45) is 10.1. The summed E-state index contributed by atoms with van der Waals surface area (Å²) in [5.74, 6) is 0.598. The fourth-order valence-corrected chi connectivity index (χ4v) is 11.8. The van der Waals surface area contributed by atoms with Gasteiger partial charge in [0.2, 0.25) is 11.8 Å². The summed E-state index contributed by atoms with van der Waals surface area (Å²) >= 11 is 0. The summed E-state index contributed by atoms with van der Waals surface area (Å²) in [6.45, 7) is 9.54. The minimum absolute atomic E-state index is 0.0943. The number of nitrogen functional groups attached to an aromatic ring is 1. The molecule has 5 saturated heterocycles. The molecule has 5 fully saturated rings. The van der Waals surface area contributed by atoms with Crippen LogP contribution in [0.25, 0.3) is 22.3 Å². The van der Waals surface area contributed by atoms with E-state index >= 15 is 0 Å². The predicted octanol–water partition coefficient (Wildman–Crippen LogP) is 5.80. The molecule has 2 atom stereocenters. The van der Waals surface area contributed by atoms with Crippen LogP contribution in [0.3, 0.4) is 0 Å². The number of imide groups is 2. The number of piperidine rings is 4. The standard InChI is InChI=1S/C53H62N12O6/c54-48-46-47(36-10-13-41(14-11-36)71-40-8-2-1-3-9-40)58-65(49(46)56-34-55-48)39-7-5-23-63(33-39)37-20-26-62(27-21-37)53(70)61-24-18-35(19-25-61)6-4-22-59-28-30-60(31-29-59)38-12-15-42-43(32-38)52(69)64(51(42)68)44-16-17-45(66)57-50(44)67/h1-3,8-15,32,34-35,37,39,44H,4-7,16-31,33H2,(H2,54,55,56)(H,57,66,67). The van der Waals surface area contributed by atoms with Gasteiger partial charge in [0, 0.05) is 82.6 Å². The Bertz CT molecular complexity index is 2800. The summed E-state index contributed by atoms with van der Waals surface area (Å²) in [6, 6.07) is 22.8. The molecule has 2 unspecified atom stereocenters. The number of nitrogens with zero attached hydrogens (tertiary/aromatic N) is 10. The first-order valence-electron chi connectivity index (χ1n) is 25.6. The number of hydrogen-bond donors (Lipinski definition) is 2. The molecule has 2 aromatic heterocycles. The fourth-order valence-electron chi connectivity index (χ4n) is 11.8. The van der Waals surface area contributed by atoms with Crippen molar-refractivity contribution >= 4 is 52.2 Å². The molecule has 6 aliphatic heterocycles. The zero-order valence-corrected chi connectivity index (χ0v) is 40.2. The fraction of sp³-hybridized carbons (Fsp3) is 0.472. The number of ether oxygens (including phenoxy) is 1. The Morgan fingerprint density at radius 2 is 1.45 bits per heavy atom. The molecule has 6 aliphatic rings. The smallest absolute Gasteiger partial charge is 0.319 e. The van der Waals surface area contributed by atoms with Gasteiger partial charge in [-0.05, 0) is 131 Å². The number of benzene rings is 3. The first kappa shape index (κ1) is 46.5. The predicted molar refractivity (Wildman–Crippen MR) is 267 cm³/mol. The van der Waals surface area contributed by atoms with Gasteiger partial charge in [0.1, 0.15) is 35.4 Å². The number of anilines is 2. The quantitative estimate of drug-likeness (QED) is 0.151. The van der Waals surface area contributed by atoms with Gasteiger partial charge < -0.3 is 25.2 Å². The van der Waals surface area contributed by atoms with Gasteiger partial charge in [0.25, 0.3) is 11.8 Å². The SMILES string of the molecule is Nc1ncnc2c1c(-c1ccc(Oc3ccccc3)cc1)nn2C1CCCN(C2CCN(C(=O)N3CCC(CCCN4CCN(c5ccc6c(c5)C(=O)N(C5CCC(=O)NC5=O)C6=O)CC4)CC3)CC2)C1. The van der Waals surface area contributed by atoms with Crippen LogP contribution in [-0.2, 0) is 9.59 Å². The van der Waals surface area contributed by atoms with E-state index < -0.39 is 23.8 Å². The van der Waals surface area contributed by atoms with Crippen molar-refractivity contribution in [2.24, 2.45) is 5.92 Å². The van der Waals surface area contributed by atoms with Gasteiger partial charge in [-0.3, -0.25) is 39.2 Å². The maximum atomic E-state index is 13.8. The Hall–Kier alpha value is -6.92. The number of nitrogens with two attached hydrogens (primary N) is 1. The van der Waals surface area contributed by atoms with Crippen molar-refractivity contribution in [2.45, 2.75) is 82.3 Å². The Morgan fingerprint density at radius 3 is 2.20 bits per heavy atom. The highest BCUT2D eigenvalue weighted by atomic mass is 16.5. The highest BCUT2D eigenvalue weighted by molar-refractivity contribution is 6.23. The van der Waals surface area contributed by atoms with E-state index in [-0.39, 0.29) is 30.8 Å². The van der Waals surface area contributed by atoms with Gasteiger partial charge in [0.15, 0.2) is 5.65 Å². The van der Waals surface area contributed by atoms with Crippen molar-refractivity contribution < 1.29 is 28.7 Å². The lowest BCUT2D eigenvalue weighted by molar-refractivity contribution is -0.136. The van der Waals surface area contributed by atoms with Crippen LogP contribution in [0, 0.1) is 5.92 Å². The number of fused-ring (bicyclic) bond motifs is 2. The number of urea groups is 1. The number of hydrogen-bond acceptors (Lipinski definition) is 13. The monoisotopic (exact) mass is 962 g/mol. The highest BCUT2D eigenvalue weighted by Gasteiger charge is 2.45. The normalized spacial score (nSPS) is 22.1. The lowest BCUT2D eigenvalue weighted by Gasteiger charge is -2.43. The van der Waals surface area contributed by atoms with Gasteiger partial charge in [-0.2, -0.15) is 5.10 Å². The van der Waals surface area contributed by atoms with Crippen molar-refractivity contribution in [3.05, 3.63) is 90.3 Å². The van der Waals surface area contributed by atoms with Crippen LogP contribution in [-0.4, -0.2) is 158 Å². The minimum Gasteiger partial charge on any atom is -0.457 e. The van der Waals surface area contributed by atoms with Crippen LogP contribution < -0.4 is 20.7 Å². The molecule has 0 spiro atoms. The van der Waals surface area contributed by atoms with E-state index in [4.69, 9.17) is 20.6 Å². The molecule has 18 heteroatoms. The van der Waals surface area contributed by atoms with Crippen molar-refractivity contribution in [2.75, 3.05) is 82.6 Å². The third-order valence-electron chi connectivity index (χ3n) is 15.8. The average molecular weight is 963 g/mol. The summed E-state index contributed by atoms with van der Waals surface area (Å²) in [7, 11) is 0. The Balaban J connectivity index is 0.611. The van der Waals surface area contributed by atoms with Crippen LogP contribution in [0.2, 0.25) is 0 Å². The summed E-state index contributed by atoms with van der Waals surface area (Å²) < 4.78 is 8.11. The average Bonchev–Trinajstić information content (AvgIpc) is 3.92. The van der Waals surface area contributed by atoms with Crippen molar-refractivity contribution in [3.63, 3.8) is 0 Å². The topological polar surface area (TPSA) is 196 Å². The molecular formula is C53H62N12O6. The first-order valence-corrected chi connectivity index (χ1v) is 25.6. The number of carbonyl (C=O) groups excluding carboxylic acids is 5. The lowest BCUT2D eigenvalue weighted by Crippen LogP contribution is -2.54. The number of para-hydroxylation sites is 1. The van der Waals surface area contributed by atoms with Gasteiger partial charge >= 0.3 is 6.03 Å². The van der Waals surface area contributed by atoms with E-state index in [9.17, 15) is 24.0 Å². The van der Waals surface area contributed by atoms with Gasteiger partial charge in [-0.25, -0.2) is 19.4 Å². The van der Waals surface area contributed by atoms with Gasteiger partial charge in [-0.1, -0.05) is 18.2 Å². The van der Waals surface area contributed by atoms with Crippen molar-refractivity contribution in [3.8, 4) is 22.8 Å². The Kier molecular flexibility index (Phi) is 13.1. The second-order valence-electron chi connectivity index (χ2n) is 20.1. The van der Waals surface area contributed by atoms with E-state index in [0.29, 0.717) is 28.9 Å². The van der Waals surface area contributed by atoms with Crippen LogP contribution >= 0.6 is 0 Å². The van der Waals surface area contributed by atoms with E-state index in [1.807, 2.05) is 60.7 Å². The van der Waals surface area contributed by atoms with Crippen molar-refractivity contribution in [1.29, 1.82) is 0 Å². The molecule has 71 heavy (non-hydrogen) atoms. The number of likely N-dealkylation sites (tertiary alicyclic amines) is 3. The molecule has 0 bridgehead atoms. The van der Waals surface area contributed by atoms with Crippen LogP contribution in [0.15, 0.2) is 79.1 Å². The number of rotatable bonds is 11. The number of nitrogens with one attached hydrogen (secondary N) is 1. The molecule has 0 aliphatic carbocycles. The molecule has 18 nitrogen and oxygen atoms in total. The van der Waals surface area contributed by atoms with Crippen molar-refractivity contribution in [1.82, 2.24) is 49.6 Å². The minimum atomic E-state index is -0.971. The zero-order valence-electron chi connectivity index (χ0n) is 40.2. The molecule has 0 radical (unpaired) electrons. The van der Waals surface area contributed by atoms with Crippen LogP contribution in [0.5, 0.6) is 11.5 Å². The number of carbonyl (C=O) groups is 5. The Morgan fingerprint density at radius 1 is 0.732 bits per heavy atom. The largest absolute Gasteiger partial charge is 0.457 e.